The van der Waals surface area contributed by atoms with E-state index in [0.29, 0.717) is 0 Å². The molecule has 0 aliphatic heterocycles. The molecule has 118 valence electrons. The van der Waals surface area contributed by atoms with E-state index >= 15 is 0 Å². The van der Waals surface area contributed by atoms with Crippen molar-refractivity contribution in [2.75, 3.05) is 0 Å². The molecule has 0 atom stereocenters. The lowest BCUT2D eigenvalue weighted by Gasteiger charge is -2.33. The number of hydrogen-bond acceptors (Lipinski definition) is 3. The molecular formula is C17H21NO4. The van der Waals surface area contributed by atoms with E-state index in [2.05, 4.69) is 5.32 Å². The predicted molar refractivity (Wildman–Crippen MR) is 80.2 cm³/mol. The molecule has 0 aromatic heterocycles. The molecule has 5 nitrogen and oxygen atoms in total. The van der Waals surface area contributed by atoms with Crippen molar-refractivity contribution in [2.45, 2.75) is 44.2 Å². The number of rotatable bonds is 7. The van der Waals surface area contributed by atoms with Gasteiger partial charge < -0.3 is 15.2 Å². The molecular weight excluding hydrogens is 282 g/mol. The molecule has 2 fully saturated rings. The van der Waals surface area contributed by atoms with Gasteiger partial charge in [0, 0.05) is 0 Å². The summed E-state index contributed by atoms with van der Waals surface area (Å²) in [5.41, 5.74) is 0.305. The summed E-state index contributed by atoms with van der Waals surface area (Å²) in [5.74, 6) is -0.303. The van der Waals surface area contributed by atoms with Crippen LogP contribution in [-0.4, -0.2) is 22.7 Å². The van der Waals surface area contributed by atoms with Crippen molar-refractivity contribution in [2.24, 2.45) is 11.8 Å². The summed E-state index contributed by atoms with van der Waals surface area (Å²) < 4.78 is 5.28. The Morgan fingerprint density at radius 1 is 1.14 bits per heavy atom. The predicted octanol–water partition coefficient (Wildman–Crippen LogP) is 2.95. The summed E-state index contributed by atoms with van der Waals surface area (Å²) in [6.07, 6.45) is 3.43. The second-order valence-electron chi connectivity index (χ2n) is 6.35. The van der Waals surface area contributed by atoms with Gasteiger partial charge in [-0.2, -0.15) is 0 Å². The maximum atomic E-state index is 12.2. The monoisotopic (exact) mass is 303 g/mol. The Morgan fingerprint density at radius 2 is 1.73 bits per heavy atom. The van der Waals surface area contributed by atoms with Crippen LogP contribution in [0.5, 0.6) is 0 Å². The topological polar surface area (TPSA) is 75.6 Å². The summed E-state index contributed by atoms with van der Waals surface area (Å²) in [4.78, 5) is 23.4. The number of carboxylic acid groups (broad SMARTS) is 1. The molecule has 3 rings (SSSR count). The maximum absolute atomic E-state index is 12.2. The van der Waals surface area contributed by atoms with Gasteiger partial charge in [0.05, 0.1) is 12.0 Å². The van der Waals surface area contributed by atoms with Crippen molar-refractivity contribution < 1.29 is 19.4 Å². The van der Waals surface area contributed by atoms with Crippen molar-refractivity contribution in [1.82, 2.24) is 5.32 Å². The number of amides is 1. The summed E-state index contributed by atoms with van der Waals surface area (Å²) in [6, 6.07) is 9.46. The van der Waals surface area contributed by atoms with Crippen LogP contribution in [0.3, 0.4) is 0 Å². The highest BCUT2D eigenvalue weighted by molar-refractivity contribution is 5.73. The van der Waals surface area contributed by atoms with Crippen LogP contribution in [0.4, 0.5) is 4.79 Å². The van der Waals surface area contributed by atoms with Gasteiger partial charge >= 0.3 is 12.1 Å². The number of carboxylic acids is 1. The minimum Gasteiger partial charge on any atom is -0.481 e. The molecule has 2 N–H and O–H groups in total. The molecule has 2 aliphatic carbocycles. The van der Waals surface area contributed by atoms with E-state index in [4.69, 9.17) is 4.74 Å². The van der Waals surface area contributed by atoms with Gasteiger partial charge in [-0.15, -0.1) is 0 Å². The normalized spacial score (nSPS) is 17.8. The Hall–Kier alpha value is -2.04. The van der Waals surface area contributed by atoms with E-state index in [-0.39, 0.29) is 24.9 Å². The van der Waals surface area contributed by atoms with Gasteiger partial charge in [0.2, 0.25) is 0 Å². The Labute approximate surface area is 129 Å². The molecule has 1 aromatic rings. The van der Waals surface area contributed by atoms with Gasteiger partial charge in [0.15, 0.2) is 0 Å². The molecule has 22 heavy (non-hydrogen) atoms. The summed E-state index contributed by atoms with van der Waals surface area (Å²) in [5, 5.41) is 12.1. The third-order valence-electron chi connectivity index (χ3n) is 4.60. The molecule has 0 saturated heterocycles. The van der Waals surface area contributed by atoms with E-state index in [1.165, 1.54) is 0 Å². The van der Waals surface area contributed by atoms with Gasteiger partial charge in [0.1, 0.15) is 6.61 Å². The lowest BCUT2D eigenvalue weighted by molar-refractivity contribution is -0.139. The molecule has 0 heterocycles. The molecule has 2 saturated carbocycles. The number of hydrogen-bond donors (Lipinski definition) is 2. The van der Waals surface area contributed by atoms with E-state index in [1.807, 2.05) is 30.3 Å². The molecule has 1 amide bonds. The third-order valence-corrected chi connectivity index (χ3v) is 4.60. The minimum absolute atomic E-state index is 0.0111. The molecule has 5 heteroatoms. The summed E-state index contributed by atoms with van der Waals surface area (Å²) >= 11 is 0. The smallest absolute Gasteiger partial charge is 0.407 e. The second-order valence-corrected chi connectivity index (χ2v) is 6.35. The third kappa shape index (κ3) is 3.40. The molecule has 0 unspecified atom stereocenters. The highest BCUT2D eigenvalue weighted by Crippen LogP contribution is 2.53. The minimum atomic E-state index is -0.859. The Morgan fingerprint density at radius 3 is 2.23 bits per heavy atom. The van der Waals surface area contributed by atoms with E-state index in [0.717, 1.165) is 31.2 Å². The molecule has 0 bridgehead atoms. The van der Waals surface area contributed by atoms with Crippen LogP contribution in [0.25, 0.3) is 0 Å². The number of carbonyl (C=O) groups excluding carboxylic acids is 1. The van der Waals surface area contributed by atoms with Crippen molar-refractivity contribution in [1.29, 1.82) is 0 Å². The van der Waals surface area contributed by atoms with E-state index in [9.17, 15) is 14.7 Å². The first-order valence-electron chi connectivity index (χ1n) is 7.81. The van der Waals surface area contributed by atoms with Crippen molar-refractivity contribution >= 4 is 12.1 Å². The van der Waals surface area contributed by atoms with E-state index < -0.39 is 17.6 Å². The molecule has 2 aliphatic rings. The first kappa shape index (κ1) is 14.9. The first-order valence-corrected chi connectivity index (χ1v) is 7.81. The Kier molecular flexibility index (Phi) is 4.05. The number of ether oxygens (including phenoxy) is 1. The van der Waals surface area contributed by atoms with Crippen LogP contribution in [0.2, 0.25) is 0 Å². The van der Waals surface area contributed by atoms with Crippen LogP contribution in [0.15, 0.2) is 30.3 Å². The molecule has 1 aromatic carbocycles. The fourth-order valence-corrected chi connectivity index (χ4v) is 3.27. The number of alkyl carbamates (subject to hydrolysis) is 1. The van der Waals surface area contributed by atoms with Gasteiger partial charge in [-0.05, 0) is 43.1 Å². The zero-order valence-corrected chi connectivity index (χ0v) is 12.5. The fraction of sp³-hybridized carbons (Fsp3) is 0.529. The van der Waals surface area contributed by atoms with Crippen LogP contribution >= 0.6 is 0 Å². The van der Waals surface area contributed by atoms with Crippen LogP contribution < -0.4 is 5.32 Å². The SMILES string of the molecule is O=C(O)CC(NC(=O)OCc1ccccc1)(C1CC1)C1CC1. The number of benzene rings is 1. The zero-order chi connectivity index (χ0) is 15.6. The largest absolute Gasteiger partial charge is 0.481 e. The van der Waals surface area contributed by atoms with Crippen molar-refractivity contribution in [3.05, 3.63) is 35.9 Å². The highest BCUT2D eigenvalue weighted by atomic mass is 16.5. The Balaban J connectivity index is 1.62. The number of aliphatic carboxylic acids is 1. The highest BCUT2D eigenvalue weighted by Gasteiger charge is 2.56. The summed E-state index contributed by atoms with van der Waals surface area (Å²) in [7, 11) is 0. The first-order chi connectivity index (χ1) is 10.6. The Bertz CT molecular complexity index is 537. The standard InChI is InChI=1S/C17H21NO4/c19-15(20)10-17(13-6-7-13,14-8-9-14)18-16(21)22-11-12-4-2-1-3-5-12/h1-5,13-14H,6-11H2,(H,18,21)(H,19,20). The number of carbonyl (C=O) groups is 2. The van der Waals surface area contributed by atoms with Gasteiger partial charge in [0.25, 0.3) is 0 Å². The van der Waals surface area contributed by atoms with Gasteiger partial charge in [-0.3, -0.25) is 4.79 Å². The lowest BCUT2D eigenvalue weighted by Crippen LogP contribution is -2.53. The number of nitrogens with one attached hydrogen (secondary N) is 1. The average Bonchev–Trinajstić information content (AvgIpc) is 3.38. The van der Waals surface area contributed by atoms with Crippen molar-refractivity contribution in [3.8, 4) is 0 Å². The van der Waals surface area contributed by atoms with Crippen LogP contribution in [0, 0.1) is 11.8 Å². The maximum Gasteiger partial charge on any atom is 0.407 e. The van der Waals surface area contributed by atoms with E-state index in [1.54, 1.807) is 0 Å². The second kappa shape index (κ2) is 5.99. The van der Waals surface area contributed by atoms with Crippen molar-refractivity contribution in [3.63, 3.8) is 0 Å². The van der Waals surface area contributed by atoms with Gasteiger partial charge in [-0.25, -0.2) is 4.79 Å². The van der Waals surface area contributed by atoms with Gasteiger partial charge in [-0.1, -0.05) is 30.3 Å². The van der Waals surface area contributed by atoms with Crippen LogP contribution in [0.1, 0.15) is 37.7 Å². The average molecular weight is 303 g/mol. The molecule has 0 spiro atoms. The zero-order valence-electron chi connectivity index (χ0n) is 12.5. The van der Waals surface area contributed by atoms with Crippen LogP contribution in [-0.2, 0) is 16.1 Å². The fourth-order valence-electron chi connectivity index (χ4n) is 3.27. The summed E-state index contributed by atoms with van der Waals surface area (Å²) in [6.45, 7) is 0.200. The lowest BCUT2D eigenvalue weighted by atomic mass is 9.84. The quantitative estimate of drug-likeness (QED) is 0.812. The molecule has 0 radical (unpaired) electrons.